The second kappa shape index (κ2) is 3.51. The van der Waals surface area contributed by atoms with Crippen LogP contribution in [0, 0.1) is 11.6 Å². The van der Waals surface area contributed by atoms with Crippen LogP contribution in [-0.2, 0) is 0 Å². The standard InChI is InChI=1S/C6H2BrF2N3/c7-3-1-2-4(8)6(5(3)9)11-12-10/h1-2H. The first kappa shape index (κ1) is 8.96. The molecule has 3 nitrogen and oxygen atoms in total. The van der Waals surface area contributed by atoms with E-state index in [1.54, 1.807) is 0 Å². The van der Waals surface area contributed by atoms with Crippen LogP contribution >= 0.6 is 15.9 Å². The van der Waals surface area contributed by atoms with Gasteiger partial charge in [0.2, 0.25) is 0 Å². The quantitative estimate of drug-likeness (QED) is 0.308. The van der Waals surface area contributed by atoms with Crippen LogP contribution in [0.1, 0.15) is 0 Å². The summed E-state index contributed by atoms with van der Waals surface area (Å²) >= 11 is 2.83. The van der Waals surface area contributed by atoms with Crippen molar-refractivity contribution < 1.29 is 8.78 Å². The Hall–Kier alpha value is -1.13. The van der Waals surface area contributed by atoms with E-state index >= 15 is 0 Å². The lowest BCUT2D eigenvalue weighted by Crippen LogP contribution is -1.82. The summed E-state index contributed by atoms with van der Waals surface area (Å²) < 4.78 is 25.7. The van der Waals surface area contributed by atoms with Crippen molar-refractivity contribution in [3.8, 4) is 0 Å². The zero-order chi connectivity index (χ0) is 9.14. The molecule has 0 atom stereocenters. The molecule has 0 fully saturated rings. The van der Waals surface area contributed by atoms with E-state index in [1.807, 2.05) is 0 Å². The van der Waals surface area contributed by atoms with Crippen molar-refractivity contribution in [2.45, 2.75) is 0 Å². The van der Waals surface area contributed by atoms with Gasteiger partial charge in [-0.05, 0) is 33.6 Å². The van der Waals surface area contributed by atoms with E-state index in [2.05, 4.69) is 26.0 Å². The van der Waals surface area contributed by atoms with Gasteiger partial charge in [-0.25, -0.2) is 8.78 Å². The average Bonchev–Trinajstić information content (AvgIpc) is 2.06. The van der Waals surface area contributed by atoms with Crippen LogP contribution in [-0.4, -0.2) is 0 Å². The predicted molar refractivity (Wildman–Crippen MR) is 42.9 cm³/mol. The second-order valence-electron chi connectivity index (χ2n) is 1.88. The zero-order valence-corrected chi connectivity index (χ0v) is 7.22. The summed E-state index contributed by atoms with van der Waals surface area (Å²) in [6.45, 7) is 0. The number of halogens is 3. The smallest absolute Gasteiger partial charge is 0.149 e. The Morgan fingerprint density at radius 1 is 1.42 bits per heavy atom. The van der Waals surface area contributed by atoms with E-state index in [9.17, 15) is 8.78 Å². The molecule has 62 valence electrons. The van der Waals surface area contributed by atoms with Gasteiger partial charge in [0.05, 0.1) is 4.47 Å². The first-order valence-corrected chi connectivity index (χ1v) is 3.64. The second-order valence-corrected chi connectivity index (χ2v) is 2.74. The highest BCUT2D eigenvalue weighted by atomic mass is 79.9. The van der Waals surface area contributed by atoms with E-state index < -0.39 is 17.3 Å². The monoisotopic (exact) mass is 233 g/mol. The molecule has 12 heavy (non-hydrogen) atoms. The molecule has 6 heteroatoms. The summed E-state index contributed by atoms with van der Waals surface area (Å²) in [6.07, 6.45) is 0. The number of hydrogen-bond donors (Lipinski definition) is 0. The molecule has 0 amide bonds. The topological polar surface area (TPSA) is 48.8 Å². The number of rotatable bonds is 1. The van der Waals surface area contributed by atoms with Gasteiger partial charge in [0, 0.05) is 4.91 Å². The fraction of sp³-hybridized carbons (Fsp3) is 0. The Bertz CT molecular complexity index is 360. The van der Waals surface area contributed by atoms with Crippen molar-refractivity contribution >= 4 is 21.6 Å². The molecular formula is C6H2BrF2N3. The molecule has 1 rings (SSSR count). The molecule has 0 aliphatic rings. The van der Waals surface area contributed by atoms with Crippen LogP contribution in [0.5, 0.6) is 0 Å². The maximum absolute atomic E-state index is 12.9. The van der Waals surface area contributed by atoms with Crippen LogP contribution in [0.15, 0.2) is 21.7 Å². The molecule has 0 spiro atoms. The number of azide groups is 1. The molecule has 1 aromatic carbocycles. The number of hydrogen-bond acceptors (Lipinski definition) is 1. The first-order chi connectivity index (χ1) is 5.66. The molecular weight excluding hydrogens is 232 g/mol. The summed E-state index contributed by atoms with van der Waals surface area (Å²) in [5, 5.41) is 2.87. The third-order valence-corrected chi connectivity index (χ3v) is 1.78. The number of benzene rings is 1. The van der Waals surface area contributed by atoms with Gasteiger partial charge in [-0.3, -0.25) is 0 Å². The van der Waals surface area contributed by atoms with Crippen LogP contribution in [0.25, 0.3) is 10.4 Å². The minimum atomic E-state index is -0.896. The third kappa shape index (κ3) is 1.54. The van der Waals surface area contributed by atoms with E-state index in [-0.39, 0.29) is 4.47 Å². The fourth-order valence-electron chi connectivity index (χ4n) is 0.653. The summed E-state index contributed by atoms with van der Waals surface area (Å²) in [4.78, 5) is 2.29. The average molecular weight is 234 g/mol. The Labute approximate surface area is 74.8 Å². The molecule has 0 heterocycles. The van der Waals surface area contributed by atoms with Gasteiger partial charge < -0.3 is 0 Å². The third-order valence-electron chi connectivity index (χ3n) is 1.16. The molecule has 0 N–H and O–H groups in total. The highest BCUT2D eigenvalue weighted by molar-refractivity contribution is 9.10. The highest BCUT2D eigenvalue weighted by Gasteiger charge is 2.09. The van der Waals surface area contributed by atoms with Crippen LogP contribution in [0.2, 0.25) is 0 Å². The van der Waals surface area contributed by atoms with Gasteiger partial charge in [0.1, 0.15) is 17.3 Å². The maximum atomic E-state index is 12.9. The highest BCUT2D eigenvalue weighted by Crippen LogP contribution is 2.28. The summed E-state index contributed by atoms with van der Waals surface area (Å²) in [5.41, 5.74) is 7.35. The minimum absolute atomic E-state index is 0.0614. The van der Waals surface area contributed by atoms with E-state index in [0.29, 0.717) is 0 Å². The maximum Gasteiger partial charge on any atom is 0.149 e. The van der Waals surface area contributed by atoms with Crippen LogP contribution < -0.4 is 0 Å². The summed E-state index contributed by atoms with van der Waals surface area (Å²) in [5.74, 6) is -1.78. The Morgan fingerprint density at radius 3 is 2.67 bits per heavy atom. The molecule has 0 radical (unpaired) electrons. The van der Waals surface area contributed by atoms with Crippen molar-refractivity contribution in [2.75, 3.05) is 0 Å². The lowest BCUT2D eigenvalue weighted by molar-refractivity contribution is 0.582. The lowest BCUT2D eigenvalue weighted by Gasteiger charge is -1.98. The van der Waals surface area contributed by atoms with E-state index in [4.69, 9.17) is 5.53 Å². The Balaban J connectivity index is 3.42. The van der Waals surface area contributed by atoms with Gasteiger partial charge in [0.15, 0.2) is 0 Å². The normalized spacial score (nSPS) is 9.25. The van der Waals surface area contributed by atoms with Crippen molar-refractivity contribution in [3.63, 3.8) is 0 Å². The van der Waals surface area contributed by atoms with Gasteiger partial charge in [0.25, 0.3) is 0 Å². The molecule has 1 aromatic rings. The summed E-state index contributed by atoms with van der Waals surface area (Å²) in [7, 11) is 0. The molecule has 0 unspecified atom stereocenters. The van der Waals surface area contributed by atoms with Gasteiger partial charge >= 0.3 is 0 Å². The van der Waals surface area contributed by atoms with Crippen molar-refractivity contribution in [3.05, 3.63) is 38.7 Å². The van der Waals surface area contributed by atoms with Crippen LogP contribution in [0.3, 0.4) is 0 Å². The largest absolute Gasteiger partial charge is 0.206 e. The fourth-order valence-corrected chi connectivity index (χ4v) is 0.973. The SMILES string of the molecule is [N-]=[N+]=Nc1c(F)ccc(Br)c1F. The predicted octanol–water partition coefficient (Wildman–Crippen LogP) is 3.67. The summed E-state index contributed by atoms with van der Waals surface area (Å²) in [6, 6.07) is 2.21. The van der Waals surface area contributed by atoms with Gasteiger partial charge in [-0.1, -0.05) is 5.11 Å². The van der Waals surface area contributed by atoms with Crippen LogP contribution in [0.4, 0.5) is 14.5 Å². The van der Waals surface area contributed by atoms with Crippen molar-refractivity contribution in [1.82, 2.24) is 0 Å². The van der Waals surface area contributed by atoms with Crippen molar-refractivity contribution in [1.29, 1.82) is 0 Å². The molecule has 0 saturated carbocycles. The molecule has 0 bridgehead atoms. The van der Waals surface area contributed by atoms with Gasteiger partial charge in [-0.2, -0.15) is 0 Å². The minimum Gasteiger partial charge on any atom is -0.206 e. The molecule has 0 aliphatic heterocycles. The molecule has 0 aromatic heterocycles. The lowest BCUT2D eigenvalue weighted by atomic mass is 10.3. The van der Waals surface area contributed by atoms with Crippen molar-refractivity contribution in [2.24, 2.45) is 5.11 Å². The van der Waals surface area contributed by atoms with Gasteiger partial charge in [-0.15, -0.1) is 0 Å². The Kier molecular flexibility index (Phi) is 2.62. The first-order valence-electron chi connectivity index (χ1n) is 2.85. The van der Waals surface area contributed by atoms with E-state index in [0.717, 1.165) is 6.07 Å². The molecule has 0 aliphatic carbocycles. The Morgan fingerprint density at radius 2 is 2.08 bits per heavy atom. The number of nitrogens with zero attached hydrogens (tertiary/aromatic N) is 3. The molecule has 0 saturated heterocycles. The zero-order valence-electron chi connectivity index (χ0n) is 5.63. The van der Waals surface area contributed by atoms with E-state index in [1.165, 1.54) is 6.07 Å².